The molecular formula is C16H19N3O2. The van der Waals surface area contributed by atoms with Crippen molar-refractivity contribution in [2.24, 2.45) is 0 Å². The van der Waals surface area contributed by atoms with Crippen LogP contribution in [0.2, 0.25) is 0 Å². The average Bonchev–Trinajstić information content (AvgIpc) is 2.76. The molecule has 0 saturated carbocycles. The van der Waals surface area contributed by atoms with Crippen LogP contribution in [0.1, 0.15) is 48.9 Å². The van der Waals surface area contributed by atoms with E-state index in [1.165, 1.54) is 0 Å². The van der Waals surface area contributed by atoms with Crippen LogP contribution in [-0.4, -0.2) is 15.7 Å². The number of carbonyl (C=O) groups is 1. The summed E-state index contributed by atoms with van der Waals surface area (Å²) in [5, 5.41) is 5.67. The molecule has 0 saturated heterocycles. The van der Waals surface area contributed by atoms with Gasteiger partial charge < -0.3 is 5.32 Å². The molecule has 1 aliphatic heterocycles. The molecule has 1 atom stereocenters. The van der Waals surface area contributed by atoms with Gasteiger partial charge in [0.05, 0.1) is 5.56 Å². The van der Waals surface area contributed by atoms with E-state index in [4.69, 9.17) is 0 Å². The molecule has 5 heteroatoms. The molecule has 0 radical (unpaired) electrons. The predicted octanol–water partition coefficient (Wildman–Crippen LogP) is 2.54. The van der Waals surface area contributed by atoms with Gasteiger partial charge in [0.1, 0.15) is 5.82 Å². The van der Waals surface area contributed by atoms with Crippen molar-refractivity contribution in [2.45, 2.75) is 39.2 Å². The Hall–Kier alpha value is -2.30. The second-order valence-corrected chi connectivity index (χ2v) is 5.88. The summed E-state index contributed by atoms with van der Waals surface area (Å²) in [5.74, 6) is 0.372. The summed E-state index contributed by atoms with van der Waals surface area (Å²) < 4.78 is 1.73. The molecular weight excluding hydrogens is 266 g/mol. The quantitative estimate of drug-likeness (QED) is 0.890. The molecule has 0 bridgehead atoms. The lowest BCUT2D eigenvalue weighted by molar-refractivity contribution is -0.116. The van der Waals surface area contributed by atoms with Crippen LogP contribution in [0, 0.1) is 6.92 Å². The summed E-state index contributed by atoms with van der Waals surface area (Å²) in [5.41, 5.74) is 2.70. The number of rotatable bonds is 2. The molecule has 5 nitrogen and oxygen atoms in total. The van der Waals surface area contributed by atoms with Gasteiger partial charge >= 0.3 is 0 Å². The molecule has 1 aromatic heterocycles. The Balaban J connectivity index is 2.16. The van der Waals surface area contributed by atoms with E-state index in [9.17, 15) is 9.59 Å². The summed E-state index contributed by atoms with van der Waals surface area (Å²) in [6, 6.07) is 8.09. The third kappa shape index (κ3) is 2.28. The minimum atomic E-state index is -0.182. The molecule has 2 aromatic rings. The lowest BCUT2D eigenvalue weighted by atomic mass is 9.87. The van der Waals surface area contributed by atoms with Crippen molar-refractivity contribution >= 4 is 11.7 Å². The van der Waals surface area contributed by atoms with Crippen LogP contribution < -0.4 is 10.9 Å². The number of carbonyl (C=O) groups excluding carboxylic acids is 1. The van der Waals surface area contributed by atoms with Gasteiger partial charge in [0.2, 0.25) is 5.91 Å². The van der Waals surface area contributed by atoms with E-state index in [2.05, 4.69) is 10.4 Å². The van der Waals surface area contributed by atoms with Crippen LogP contribution in [0.15, 0.2) is 29.1 Å². The molecule has 3 rings (SSSR count). The SMILES string of the molecule is Cc1ccc([C@H]2CC(=O)Nc3c2c(=O)[nH]n3C(C)C)cc1. The standard InChI is InChI=1S/C16H19N3O2/c1-9(2)19-15-14(16(21)18-19)12(8-13(20)17-15)11-6-4-10(3)5-7-11/h4-7,9,12H,8H2,1-3H3,(H,17,20)(H,18,21)/t12-/m1/s1. The maximum absolute atomic E-state index is 12.3. The summed E-state index contributed by atoms with van der Waals surface area (Å²) in [7, 11) is 0. The summed E-state index contributed by atoms with van der Waals surface area (Å²) in [4.78, 5) is 24.3. The van der Waals surface area contributed by atoms with E-state index in [0.29, 0.717) is 17.8 Å². The van der Waals surface area contributed by atoms with Crippen molar-refractivity contribution < 1.29 is 4.79 Å². The smallest absolute Gasteiger partial charge is 0.270 e. The Morgan fingerprint density at radius 1 is 1.19 bits per heavy atom. The molecule has 0 aliphatic carbocycles. The fraction of sp³-hybridized carbons (Fsp3) is 0.375. The van der Waals surface area contributed by atoms with E-state index >= 15 is 0 Å². The zero-order chi connectivity index (χ0) is 15.1. The molecule has 110 valence electrons. The number of nitrogens with zero attached hydrogens (tertiary/aromatic N) is 1. The normalized spacial score (nSPS) is 17.7. The van der Waals surface area contributed by atoms with E-state index in [0.717, 1.165) is 11.1 Å². The third-order valence-electron chi connectivity index (χ3n) is 3.95. The number of fused-ring (bicyclic) bond motifs is 1. The number of H-pyrrole nitrogens is 1. The van der Waals surface area contributed by atoms with Gasteiger partial charge in [0.25, 0.3) is 5.56 Å². The second kappa shape index (κ2) is 4.91. The summed E-state index contributed by atoms with van der Waals surface area (Å²) >= 11 is 0. The van der Waals surface area contributed by atoms with Crippen molar-refractivity contribution in [2.75, 3.05) is 5.32 Å². The number of benzene rings is 1. The molecule has 1 aromatic carbocycles. The number of nitrogens with one attached hydrogen (secondary N) is 2. The minimum absolute atomic E-state index is 0.0542. The predicted molar refractivity (Wildman–Crippen MR) is 81.7 cm³/mol. The Morgan fingerprint density at radius 2 is 1.86 bits per heavy atom. The third-order valence-corrected chi connectivity index (χ3v) is 3.95. The highest BCUT2D eigenvalue weighted by Crippen LogP contribution is 2.35. The van der Waals surface area contributed by atoms with Gasteiger partial charge in [-0.1, -0.05) is 29.8 Å². The lowest BCUT2D eigenvalue weighted by Crippen LogP contribution is -2.27. The zero-order valence-corrected chi connectivity index (χ0v) is 12.4. The fourth-order valence-electron chi connectivity index (χ4n) is 2.85. The van der Waals surface area contributed by atoms with Crippen molar-refractivity contribution in [3.63, 3.8) is 0 Å². The Morgan fingerprint density at radius 3 is 2.48 bits per heavy atom. The van der Waals surface area contributed by atoms with Crippen LogP contribution >= 0.6 is 0 Å². The number of aryl methyl sites for hydroxylation is 1. The fourth-order valence-corrected chi connectivity index (χ4v) is 2.85. The number of aromatic nitrogens is 2. The lowest BCUT2D eigenvalue weighted by Gasteiger charge is -2.24. The first-order valence-electron chi connectivity index (χ1n) is 7.18. The van der Waals surface area contributed by atoms with Crippen LogP contribution in [0.4, 0.5) is 5.82 Å². The molecule has 21 heavy (non-hydrogen) atoms. The number of hydrogen-bond donors (Lipinski definition) is 2. The van der Waals surface area contributed by atoms with Crippen molar-refractivity contribution in [1.29, 1.82) is 0 Å². The van der Waals surface area contributed by atoms with Gasteiger partial charge in [-0.2, -0.15) is 0 Å². The van der Waals surface area contributed by atoms with E-state index in [1.54, 1.807) is 4.68 Å². The first-order chi connectivity index (χ1) is 9.97. The van der Waals surface area contributed by atoms with Gasteiger partial charge in [0.15, 0.2) is 0 Å². The highest BCUT2D eigenvalue weighted by Gasteiger charge is 2.32. The molecule has 2 N–H and O–H groups in total. The molecule has 2 heterocycles. The highest BCUT2D eigenvalue weighted by atomic mass is 16.2. The van der Waals surface area contributed by atoms with Crippen molar-refractivity contribution in [3.05, 3.63) is 51.3 Å². The molecule has 0 fully saturated rings. The summed E-state index contributed by atoms with van der Waals surface area (Å²) in [6.45, 7) is 5.96. The highest BCUT2D eigenvalue weighted by molar-refractivity contribution is 5.94. The minimum Gasteiger partial charge on any atom is -0.311 e. The number of aromatic amines is 1. The van der Waals surface area contributed by atoms with Gasteiger partial charge in [0, 0.05) is 18.4 Å². The first-order valence-corrected chi connectivity index (χ1v) is 7.18. The monoisotopic (exact) mass is 285 g/mol. The average molecular weight is 285 g/mol. The molecule has 0 unspecified atom stereocenters. The zero-order valence-electron chi connectivity index (χ0n) is 12.4. The van der Waals surface area contributed by atoms with Crippen LogP contribution in [0.25, 0.3) is 0 Å². The van der Waals surface area contributed by atoms with Gasteiger partial charge in [-0.05, 0) is 26.3 Å². The molecule has 1 aliphatic rings. The van der Waals surface area contributed by atoms with Gasteiger partial charge in [-0.25, -0.2) is 0 Å². The van der Waals surface area contributed by atoms with Crippen LogP contribution in [0.3, 0.4) is 0 Å². The maximum atomic E-state index is 12.3. The van der Waals surface area contributed by atoms with E-state index < -0.39 is 0 Å². The Bertz CT molecular complexity index is 738. The maximum Gasteiger partial charge on any atom is 0.270 e. The molecule has 1 amide bonds. The van der Waals surface area contributed by atoms with Crippen molar-refractivity contribution in [3.8, 4) is 0 Å². The van der Waals surface area contributed by atoms with E-state index in [-0.39, 0.29) is 23.4 Å². The second-order valence-electron chi connectivity index (χ2n) is 5.88. The first kappa shape index (κ1) is 13.7. The topological polar surface area (TPSA) is 66.9 Å². The van der Waals surface area contributed by atoms with E-state index in [1.807, 2.05) is 45.0 Å². The number of anilines is 1. The van der Waals surface area contributed by atoms with Gasteiger partial charge in [-0.3, -0.25) is 19.4 Å². The Labute approximate surface area is 123 Å². The number of amides is 1. The molecule has 0 spiro atoms. The van der Waals surface area contributed by atoms with Crippen LogP contribution in [-0.2, 0) is 4.79 Å². The number of hydrogen-bond acceptors (Lipinski definition) is 2. The Kier molecular flexibility index (Phi) is 3.20. The van der Waals surface area contributed by atoms with Gasteiger partial charge in [-0.15, -0.1) is 0 Å². The van der Waals surface area contributed by atoms with Crippen LogP contribution in [0.5, 0.6) is 0 Å². The summed E-state index contributed by atoms with van der Waals surface area (Å²) in [6.07, 6.45) is 0.307. The largest absolute Gasteiger partial charge is 0.311 e. The van der Waals surface area contributed by atoms with Crippen molar-refractivity contribution in [1.82, 2.24) is 9.78 Å².